The Balaban J connectivity index is 2.08. The molecule has 0 aromatic rings. The summed E-state index contributed by atoms with van der Waals surface area (Å²) in [7, 11) is 1.76. The molecule has 2 aliphatic rings. The van der Waals surface area contributed by atoms with Crippen molar-refractivity contribution in [2.24, 2.45) is 23.2 Å². The molecular formula is C15H26O3. The second kappa shape index (κ2) is 4.52. The van der Waals surface area contributed by atoms with Gasteiger partial charge in [0.25, 0.3) is 0 Å². The number of methoxy groups -OCH3 is 1. The van der Waals surface area contributed by atoms with Gasteiger partial charge in [-0.05, 0) is 58.8 Å². The van der Waals surface area contributed by atoms with Crippen LogP contribution in [-0.2, 0) is 14.3 Å². The third-order valence-corrected chi connectivity index (χ3v) is 4.72. The Hall–Kier alpha value is -0.570. The lowest BCUT2D eigenvalue weighted by Crippen LogP contribution is -2.41. The molecule has 2 aliphatic carbocycles. The Morgan fingerprint density at radius 2 is 2.00 bits per heavy atom. The van der Waals surface area contributed by atoms with Gasteiger partial charge in [0.05, 0.1) is 5.41 Å². The van der Waals surface area contributed by atoms with E-state index in [2.05, 4.69) is 6.92 Å². The Kier molecular flexibility index (Phi) is 3.48. The highest BCUT2D eigenvalue weighted by Crippen LogP contribution is 2.56. The molecule has 0 amide bonds. The van der Waals surface area contributed by atoms with Crippen LogP contribution in [0.4, 0.5) is 0 Å². The maximum Gasteiger partial charge on any atom is 0.311 e. The van der Waals surface area contributed by atoms with Crippen LogP contribution in [0.2, 0.25) is 0 Å². The van der Waals surface area contributed by atoms with Gasteiger partial charge >= 0.3 is 5.97 Å². The summed E-state index contributed by atoms with van der Waals surface area (Å²) in [6.45, 7) is 8.66. The molecule has 0 N–H and O–H groups in total. The molecule has 2 fully saturated rings. The van der Waals surface area contributed by atoms with Gasteiger partial charge in [-0.3, -0.25) is 4.79 Å². The average molecular weight is 254 g/mol. The zero-order chi connectivity index (χ0) is 13.6. The molecule has 2 rings (SSSR count). The molecule has 4 atom stereocenters. The number of ether oxygens (including phenoxy) is 2. The summed E-state index contributed by atoms with van der Waals surface area (Å²) in [6.07, 6.45) is 3.45. The van der Waals surface area contributed by atoms with Gasteiger partial charge in [0, 0.05) is 19.6 Å². The standard InChI is InChI=1S/C15H26O3/c1-14(2,3)13(16)18-15(4)8-10-6-7-12(15)11(10)9-17-5/h10-12H,6-9H2,1-5H3. The third kappa shape index (κ3) is 2.29. The summed E-state index contributed by atoms with van der Waals surface area (Å²) in [4.78, 5) is 12.1. The number of hydrogen-bond acceptors (Lipinski definition) is 3. The lowest BCUT2D eigenvalue weighted by Gasteiger charge is -2.36. The number of hydrogen-bond donors (Lipinski definition) is 0. The topological polar surface area (TPSA) is 35.5 Å². The second-order valence-corrected chi connectivity index (χ2v) is 7.22. The summed E-state index contributed by atoms with van der Waals surface area (Å²) in [5, 5.41) is 0. The van der Waals surface area contributed by atoms with E-state index < -0.39 is 5.41 Å². The second-order valence-electron chi connectivity index (χ2n) is 7.22. The first-order valence-electron chi connectivity index (χ1n) is 7.00. The molecule has 2 saturated carbocycles. The van der Waals surface area contributed by atoms with Gasteiger partial charge < -0.3 is 9.47 Å². The lowest BCUT2D eigenvalue weighted by atomic mass is 9.84. The van der Waals surface area contributed by atoms with E-state index in [0.29, 0.717) is 17.8 Å². The maximum atomic E-state index is 12.1. The van der Waals surface area contributed by atoms with Crippen molar-refractivity contribution in [2.45, 2.75) is 52.6 Å². The highest BCUT2D eigenvalue weighted by Gasteiger charge is 2.57. The fraction of sp³-hybridized carbons (Fsp3) is 0.933. The SMILES string of the molecule is COCC1C2CCC1C(C)(OC(=O)C(C)(C)C)C2. The van der Waals surface area contributed by atoms with Crippen molar-refractivity contribution in [3.63, 3.8) is 0 Å². The molecule has 104 valence electrons. The Bertz CT molecular complexity index is 331. The van der Waals surface area contributed by atoms with Gasteiger partial charge in [0.2, 0.25) is 0 Å². The van der Waals surface area contributed by atoms with Gasteiger partial charge in [-0.2, -0.15) is 0 Å². The summed E-state index contributed by atoms with van der Waals surface area (Å²) in [5.74, 6) is 1.66. The van der Waals surface area contributed by atoms with Crippen LogP contribution in [0.15, 0.2) is 0 Å². The van der Waals surface area contributed by atoms with E-state index in [1.54, 1.807) is 7.11 Å². The molecule has 0 aromatic heterocycles. The Labute approximate surface area is 110 Å². The molecule has 18 heavy (non-hydrogen) atoms. The van der Waals surface area contributed by atoms with Gasteiger partial charge in [-0.25, -0.2) is 0 Å². The third-order valence-electron chi connectivity index (χ3n) is 4.72. The summed E-state index contributed by atoms with van der Waals surface area (Å²) >= 11 is 0. The van der Waals surface area contributed by atoms with Crippen LogP contribution >= 0.6 is 0 Å². The quantitative estimate of drug-likeness (QED) is 0.726. The first-order valence-corrected chi connectivity index (χ1v) is 7.00. The van der Waals surface area contributed by atoms with Crippen LogP contribution in [0.3, 0.4) is 0 Å². The molecule has 0 heterocycles. The summed E-state index contributed by atoms with van der Waals surface area (Å²) in [6, 6.07) is 0. The molecule has 4 unspecified atom stereocenters. The normalized spacial score (nSPS) is 39.1. The van der Waals surface area contributed by atoms with Crippen molar-refractivity contribution in [1.82, 2.24) is 0 Å². The van der Waals surface area contributed by atoms with E-state index in [4.69, 9.17) is 9.47 Å². The van der Waals surface area contributed by atoms with Crippen molar-refractivity contribution in [1.29, 1.82) is 0 Å². The summed E-state index contributed by atoms with van der Waals surface area (Å²) in [5.41, 5.74) is -0.682. The number of carbonyl (C=O) groups excluding carboxylic acids is 1. The molecule has 2 bridgehead atoms. The van der Waals surface area contributed by atoms with Crippen molar-refractivity contribution in [3.8, 4) is 0 Å². The number of carbonyl (C=O) groups is 1. The lowest BCUT2D eigenvalue weighted by molar-refractivity contribution is -0.173. The maximum absolute atomic E-state index is 12.1. The largest absolute Gasteiger partial charge is 0.459 e. The van der Waals surface area contributed by atoms with Crippen LogP contribution in [0.1, 0.15) is 47.0 Å². The molecule has 3 nitrogen and oxygen atoms in total. The fourth-order valence-corrected chi connectivity index (χ4v) is 3.76. The van der Waals surface area contributed by atoms with E-state index in [1.807, 2.05) is 20.8 Å². The van der Waals surface area contributed by atoms with Crippen molar-refractivity contribution in [2.75, 3.05) is 13.7 Å². The number of fused-ring (bicyclic) bond motifs is 2. The van der Waals surface area contributed by atoms with Crippen LogP contribution < -0.4 is 0 Å². The predicted molar refractivity (Wildman–Crippen MR) is 70.1 cm³/mol. The zero-order valence-corrected chi connectivity index (χ0v) is 12.3. The van der Waals surface area contributed by atoms with E-state index in [1.165, 1.54) is 12.8 Å². The van der Waals surface area contributed by atoms with E-state index in [0.717, 1.165) is 13.0 Å². The molecule has 3 heteroatoms. The highest BCUT2D eigenvalue weighted by molar-refractivity contribution is 5.75. The van der Waals surface area contributed by atoms with Crippen molar-refractivity contribution < 1.29 is 14.3 Å². The minimum absolute atomic E-state index is 0.0753. The fourth-order valence-electron chi connectivity index (χ4n) is 3.76. The molecule has 0 aromatic carbocycles. The van der Waals surface area contributed by atoms with Crippen molar-refractivity contribution in [3.05, 3.63) is 0 Å². The highest BCUT2D eigenvalue weighted by atomic mass is 16.6. The molecule has 0 spiro atoms. The average Bonchev–Trinajstić information content (AvgIpc) is 2.71. The van der Waals surface area contributed by atoms with Crippen molar-refractivity contribution >= 4 is 5.97 Å². The summed E-state index contributed by atoms with van der Waals surface area (Å²) < 4.78 is 11.2. The van der Waals surface area contributed by atoms with Crippen LogP contribution in [0, 0.1) is 23.2 Å². The van der Waals surface area contributed by atoms with Gasteiger partial charge in [-0.15, -0.1) is 0 Å². The minimum Gasteiger partial charge on any atom is -0.459 e. The predicted octanol–water partition coefficient (Wildman–Crippen LogP) is 3.03. The van der Waals surface area contributed by atoms with E-state index >= 15 is 0 Å². The van der Waals surface area contributed by atoms with Crippen LogP contribution in [-0.4, -0.2) is 25.3 Å². The Morgan fingerprint density at radius 3 is 2.56 bits per heavy atom. The van der Waals surface area contributed by atoms with E-state index in [-0.39, 0.29) is 11.6 Å². The molecule has 0 radical (unpaired) electrons. The zero-order valence-electron chi connectivity index (χ0n) is 12.3. The van der Waals surface area contributed by atoms with Crippen LogP contribution in [0.5, 0.6) is 0 Å². The van der Waals surface area contributed by atoms with Gasteiger partial charge in [0.1, 0.15) is 5.60 Å². The van der Waals surface area contributed by atoms with Gasteiger partial charge in [-0.1, -0.05) is 0 Å². The first kappa shape index (κ1) is 13.9. The monoisotopic (exact) mass is 254 g/mol. The smallest absolute Gasteiger partial charge is 0.311 e. The molecule has 0 saturated heterocycles. The minimum atomic E-state index is -0.415. The molecular weight excluding hydrogens is 228 g/mol. The number of rotatable bonds is 3. The van der Waals surface area contributed by atoms with Crippen LogP contribution in [0.25, 0.3) is 0 Å². The Morgan fingerprint density at radius 1 is 1.33 bits per heavy atom. The number of esters is 1. The van der Waals surface area contributed by atoms with Gasteiger partial charge in [0.15, 0.2) is 0 Å². The van der Waals surface area contributed by atoms with E-state index in [9.17, 15) is 4.79 Å². The first-order chi connectivity index (χ1) is 8.28. The molecule has 0 aliphatic heterocycles.